The molecule has 0 spiro atoms. The number of amides is 1. The van der Waals surface area contributed by atoms with Crippen LogP contribution < -0.4 is 0 Å². The zero-order valence-corrected chi connectivity index (χ0v) is 23.8. The van der Waals surface area contributed by atoms with Crippen molar-refractivity contribution in [2.24, 2.45) is 5.92 Å². The molecular weight excluding hydrogens is 522 g/mol. The van der Waals surface area contributed by atoms with Crippen LogP contribution in [0.3, 0.4) is 0 Å². The minimum absolute atomic E-state index is 0.212. The largest absolute Gasteiger partial charge is 0.381 e. The maximum atomic E-state index is 14.1. The predicted octanol–water partition coefficient (Wildman–Crippen LogP) is 5.02. The number of nitrogens with zero attached hydrogens (tertiary/aromatic N) is 2. The first-order valence-electron chi connectivity index (χ1n) is 14.0. The van der Waals surface area contributed by atoms with E-state index in [1.807, 2.05) is 6.92 Å². The molecule has 2 fully saturated rings. The minimum Gasteiger partial charge on any atom is -0.381 e. The van der Waals surface area contributed by atoms with Crippen molar-refractivity contribution >= 4 is 15.7 Å². The summed E-state index contributed by atoms with van der Waals surface area (Å²) in [5, 5.41) is 0. The summed E-state index contributed by atoms with van der Waals surface area (Å²) in [5.41, 5.74) is 1.35. The van der Waals surface area contributed by atoms with E-state index in [1.165, 1.54) is 12.1 Å². The number of carbonyl (C=O) groups excluding carboxylic acids is 1. The number of ether oxygens (including phenoxy) is 1. The van der Waals surface area contributed by atoms with Crippen molar-refractivity contribution in [1.82, 2.24) is 9.80 Å². The topological polar surface area (TPSA) is 66.9 Å². The second kappa shape index (κ2) is 13.3. The smallest absolute Gasteiger partial charge is 0.223 e. The van der Waals surface area contributed by atoms with Crippen LogP contribution in [0, 0.1) is 17.6 Å². The Balaban J connectivity index is 1.39. The van der Waals surface area contributed by atoms with E-state index in [-0.39, 0.29) is 22.8 Å². The summed E-state index contributed by atoms with van der Waals surface area (Å²) >= 11 is 0. The molecule has 2 heterocycles. The van der Waals surface area contributed by atoms with Crippen LogP contribution in [0.4, 0.5) is 8.78 Å². The lowest BCUT2D eigenvalue weighted by Gasteiger charge is -2.39. The number of sulfone groups is 1. The van der Waals surface area contributed by atoms with Crippen LogP contribution in [0.2, 0.25) is 0 Å². The second-order valence-electron chi connectivity index (χ2n) is 10.9. The van der Waals surface area contributed by atoms with Crippen molar-refractivity contribution in [3.8, 4) is 0 Å². The third kappa shape index (κ3) is 8.08. The summed E-state index contributed by atoms with van der Waals surface area (Å²) in [6.45, 7) is 6.67. The molecule has 4 rings (SSSR count). The number of hydrogen-bond acceptors (Lipinski definition) is 5. The Bertz CT molecular complexity index is 1190. The van der Waals surface area contributed by atoms with Crippen LogP contribution >= 0.6 is 0 Å². The highest BCUT2D eigenvalue weighted by molar-refractivity contribution is 7.90. The normalized spacial score (nSPS) is 18.7. The van der Waals surface area contributed by atoms with Gasteiger partial charge < -0.3 is 14.5 Å². The molecule has 0 radical (unpaired) electrons. The third-order valence-corrected chi connectivity index (χ3v) is 9.32. The summed E-state index contributed by atoms with van der Waals surface area (Å²) in [6, 6.07) is 10.4. The van der Waals surface area contributed by atoms with Gasteiger partial charge in [-0.25, -0.2) is 17.2 Å². The molecule has 9 heteroatoms. The Morgan fingerprint density at radius 3 is 2.18 bits per heavy atom. The van der Waals surface area contributed by atoms with Gasteiger partial charge in [0.25, 0.3) is 0 Å². The van der Waals surface area contributed by atoms with Crippen LogP contribution in [0.5, 0.6) is 0 Å². The van der Waals surface area contributed by atoms with Crippen molar-refractivity contribution in [2.45, 2.75) is 62.3 Å². The first kappa shape index (κ1) is 29.6. The molecule has 214 valence electrons. The molecule has 2 aliphatic heterocycles. The maximum Gasteiger partial charge on any atom is 0.223 e. The van der Waals surface area contributed by atoms with Gasteiger partial charge in [-0.1, -0.05) is 12.1 Å². The number of hydrogen-bond donors (Lipinski definition) is 0. The number of halogens is 2. The quantitative estimate of drug-likeness (QED) is 0.407. The molecule has 2 aromatic rings. The van der Waals surface area contributed by atoms with E-state index in [0.717, 1.165) is 76.4 Å². The summed E-state index contributed by atoms with van der Waals surface area (Å²) in [4.78, 5) is 17.7. The fourth-order valence-corrected chi connectivity index (χ4v) is 6.60. The standard InChI is InChI=1S/C30H40F2N2O4S/c1-3-34(30(35)18-22-11-16-38-17-12-22)27-8-13-33(14-9-27)15-10-29(24-19-25(31)21-26(32)20-24)23-4-6-28(7-5-23)39(2,36)37/h4-7,19-22,27,29H,3,8-18H2,1-2H3/t29-/m1/s1. The SMILES string of the molecule is CCN(C(=O)CC1CCOCC1)C1CCN(CC[C@H](c2ccc(S(C)(=O)=O)cc2)c2cc(F)cc(F)c2)CC1. The fraction of sp³-hybridized carbons (Fsp3) is 0.567. The number of carbonyl (C=O) groups is 1. The van der Waals surface area contributed by atoms with E-state index in [0.29, 0.717) is 30.9 Å². The van der Waals surface area contributed by atoms with Crippen molar-refractivity contribution < 1.29 is 26.7 Å². The molecule has 0 bridgehead atoms. The van der Waals surface area contributed by atoms with Gasteiger partial charge in [-0.2, -0.15) is 0 Å². The average molecular weight is 563 g/mol. The maximum absolute atomic E-state index is 14.1. The fourth-order valence-electron chi connectivity index (χ4n) is 5.97. The van der Waals surface area contributed by atoms with Gasteiger partial charge in [0.2, 0.25) is 5.91 Å². The zero-order valence-electron chi connectivity index (χ0n) is 23.0. The summed E-state index contributed by atoms with van der Waals surface area (Å²) in [6.07, 6.45) is 6.09. The van der Waals surface area contributed by atoms with Gasteiger partial charge in [-0.05, 0) is 86.9 Å². The van der Waals surface area contributed by atoms with Gasteiger partial charge >= 0.3 is 0 Å². The number of likely N-dealkylation sites (tertiary alicyclic amines) is 1. The Labute approximate surface area is 231 Å². The summed E-state index contributed by atoms with van der Waals surface area (Å²) in [5.74, 6) is -0.887. The van der Waals surface area contributed by atoms with Crippen molar-refractivity contribution in [1.29, 1.82) is 0 Å². The van der Waals surface area contributed by atoms with Crippen LogP contribution in [-0.4, -0.2) is 75.8 Å². The van der Waals surface area contributed by atoms with E-state index in [1.54, 1.807) is 24.3 Å². The van der Waals surface area contributed by atoms with Gasteiger partial charge in [0.05, 0.1) is 4.90 Å². The summed E-state index contributed by atoms with van der Waals surface area (Å²) < 4.78 is 57.5. The van der Waals surface area contributed by atoms with Crippen molar-refractivity contribution in [3.63, 3.8) is 0 Å². The van der Waals surface area contributed by atoms with E-state index in [2.05, 4.69) is 9.80 Å². The molecule has 0 saturated carbocycles. The molecule has 39 heavy (non-hydrogen) atoms. The molecule has 0 aromatic heterocycles. The van der Waals surface area contributed by atoms with E-state index in [9.17, 15) is 22.0 Å². The van der Waals surface area contributed by atoms with Crippen LogP contribution in [-0.2, 0) is 19.4 Å². The highest BCUT2D eigenvalue weighted by Gasteiger charge is 2.29. The summed E-state index contributed by atoms with van der Waals surface area (Å²) in [7, 11) is -3.34. The lowest BCUT2D eigenvalue weighted by molar-refractivity contribution is -0.136. The first-order valence-corrected chi connectivity index (χ1v) is 15.9. The molecule has 0 unspecified atom stereocenters. The monoisotopic (exact) mass is 562 g/mol. The third-order valence-electron chi connectivity index (χ3n) is 8.19. The number of rotatable bonds is 10. The van der Waals surface area contributed by atoms with Gasteiger partial charge in [0, 0.05) is 63.6 Å². The molecule has 6 nitrogen and oxygen atoms in total. The van der Waals surface area contributed by atoms with Crippen LogP contribution in [0.25, 0.3) is 0 Å². The minimum atomic E-state index is -3.34. The molecule has 2 aromatic carbocycles. The van der Waals surface area contributed by atoms with Crippen molar-refractivity contribution in [2.75, 3.05) is 45.6 Å². The Kier molecular flexibility index (Phi) is 10.1. The molecule has 0 N–H and O–H groups in total. The lowest BCUT2D eigenvalue weighted by Crippen LogP contribution is -2.48. The highest BCUT2D eigenvalue weighted by atomic mass is 32.2. The molecule has 1 atom stereocenters. The highest BCUT2D eigenvalue weighted by Crippen LogP contribution is 2.31. The first-order chi connectivity index (χ1) is 18.6. The zero-order chi connectivity index (χ0) is 28.0. The molecular formula is C30H40F2N2O4S. The van der Waals surface area contributed by atoms with E-state index < -0.39 is 21.5 Å². The van der Waals surface area contributed by atoms with Gasteiger partial charge in [-0.3, -0.25) is 4.79 Å². The average Bonchev–Trinajstić information content (AvgIpc) is 2.90. The number of piperidine rings is 1. The molecule has 2 aliphatic rings. The lowest BCUT2D eigenvalue weighted by atomic mass is 9.88. The Hall–Kier alpha value is -2.36. The molecule has 1 amide bonds. The second-order valence-corrected chi connectivity index (χ2v) is 12.9. The van der Waals surface area contributed by atoms with Crippen molar-refractivity contribution in [3.05, 3.63) is 65.2 Å². The molecule has 2 saturated heterocycles. The Morgan fingerprint density at radius 1 is 1.00 bits per heavy atom. The van der Waals surface area contributed by atoms with Gasteiger partial charge in [-0.15, -0.1) is 0 Å². The molecule has 0 aliphatic carbocycles. The Morgan fingerprint density at radius 2 is 1.62 bits per heavy atom. The van der Waals surface area contributed by atoms with E-state index in [4.69, 9.17) is 4.74 Å². The van der Waals surface area contributed by atoms with Crippen LogP contribution in [0.1, 0.15) is 62.5 Å². The van der Waals surface area contributed by atoms with Gasteiger partial charge in [0.15, 0.2) is 9.84 Å². The van der Waals surface area contributed by atoms with E-state index >= 15 is 0 Å². The van der Waals surface area contributed by atoms with Crippen LogP contribution in [0.15, 0.2) is 47.4 Å². The predicted molar refractivity (Wildman–Crippen MR) is 147 cm³/mol. The van der Waals surface area contributed by atoms with Gasteiger partial charge in [0.1, 0.15) is 11.6 Å². The number of benzene rings is 2.